The van der Waals surface area contributed by atoms with Gasteiger partial charge >= 0.3 is 0 Å². The fraction of sp³-hybridized carbons (Fsp3) is 0.350. The van der Waals surface area contributed by atoms with Crippen molar-refractivity contribution in [3.63, 3.8) is 0 Å². The molecule has 0 aromatic heterocycles. The minimum Gasteiger partial charge on any atom is -0.330 e. The molecule has 3 rings (SSSR count). The van der Waals surface area contributed by atoms with Crippen LogP contribution in [0, 0.1) is 0 Å². The van der Waals surface area contributed by atoms with Crippen molar-refractivity contribution in [2.45, 2.75) is 32.4 Å². The number of amides is 1. The third kappa shape index (κ3) is 4.54. The average molecular weight is 436 g/mol. The molecule has 1 atom stereocenters. The van der Waals surface area contributed by atoms with Crippen molar-refractivity contribution < 1.29 is 13.2 Å². The van der Waals surface area contributed by atoms with E-state index in [2.05, 4.69) is 35.0 Å². The molecule has 1 aliphatic rings. The number of sulfone groups is 1. The molecule has 0 bridgehead atoms. The van der Waals surface area contributed by atoms with E-state index < -0.39 is 9.84 Å². The molecular formula is C20H22BrNO3S. The summed E-state index contributed by atoms with van der Waals surface area (Å²) in [5, 5.41) is 0. The molecule has 6 heteroatoms. The normalized spacial score (nSPS) is 18.6. The van der Waals surface area contributed by atoms with Crippen LogP contribution in [0.2, 0.25) is 0 Å². The maximum absolute atomic E-state index is 13.1. The second-order valence-electron chi connectivity index (χ2n) is 6.67. The lowest BCUT2D eigenvalue weighted by atomic mass is 10.1. The van der Waals surface area contributed by atoms with Crippen molar-refractivity contribution in [2.24, 2.45) is 0 Å². The smallest absolute Gasteiger partial charge is 0.254 e. The van der Waals surface area contributed by atoms with Crippen LogP contribution < -0.4 is 0 Å². The molecule has 26 heavy (non-hydrogen) atoms. The Labute approximate surface area is 163 Å². The van der Waals surface area contributed by atoms with Gasteiger partial charge in [0.1, 0.15) is 0 Å². The molecule has 0 aliphatic carbocycles. The van der Waals surface area contributed by atoms with Crippen molar-refractivity contribution in [1.82, 2.24) is 4.90 Å². The van der Waals surface area contributed by atoms with Gasteiger partial charge in [-0.25, -0.2) is 8.42 Å². The van der Waals surface area contributed by atoms with Gasteiger partial charge in [0.15, 0.2) is 9.84 Å². The fourth-order valence-corrected chi connectivity index (χ4v) is 5.22. The SMILES string of the molecule is CCc1ccc(CN(C(=O)c2ccc(Br)cc2)[C@@H]2CCS(=O)(=O)C2)cc1. The molecule has 1 amide bonds. The molecule has 0 radical (unpaired) electrons. The summed E-state index contributed by atoms with van der Waals surface area (Å²) >= 11 is 3.38. The van der Waals surface area contributed by atoms with Gasteiger partial charge in [0.25, 0.3) is 5.91 Å². The van der Waals surface area contributed by atoms with E-state index in [0.29, 0.717) is 18.5 Å². The lowest BCUT2D eigenvalue weighted by molar-refractivity contribution is 0.0681. The monoisotopic (exact) mass is 435 g/mol. The van der Waals surface area contributed by atoms with Crippen LogP contribution in [0.15, 0.2) is 53.0 Å². The quantitative estimate of drug-likeness (QED) is 0.716. The van der Waals surface area contributed by atoms with Gasteiger partial charge < -0.3 is 4.90 Å². The lowest BCUT2D eigenvalue weighted by Gasteiger charge is -2.28. The minimum atomic E-state index is -3.07. The third-order valence-corrected chi connectivity index (χ3v) is 7.06. The molecule has 1 aliphatic heterocycles. The standard InChI is InChI=1S/C20H22BrNO3S/c1-2-15-3-5-16(6-4-15)13-22(19-11-12-26(24,25)14-19)20(23)17-7-9-18(21)10-8-17/h3-10,19H,2,11-14H2,1H3/t19-/m1/s1. The van der Waals surface area contributed by atoms with E-state index in [1.807, 2.05) is 24.3 Å². The number of rotatable bonds is 5. The van der Waals surface area contributed by atoms with Crippen LogP contribution in [-0.4, -0.2) is 36.8 Å². The Morgan fingerprint density at radius 1 is 1.08 bits per heavy atom. The lowest BCUT2D eigenvalue weighted by Crippen LogP contribution is -2.40. The van der Waals surface area contributed by atoms with Gasteiger partial charge in [0.2, 0.25) is 0 Å². The van der Waals surface area contributed by atoms with E-state index in [9.17, 15) is 13.2 Å². The summed E-state index contributed by atoms with van der Waals surface area (Å²) in [5.74, 6) is 0.0676. The average Bonchev–Trinajstić information content (AvgIpc) is 3.00. The Bertz CT molecular complexity index is 876. The number of halogens is 1. The predicted molar refractivity (Wildman–Crippen MR) is 107 cm³/mol. The van der Waals surface area contributed by atoms with Crippen LogP contribution >= 0.6 is 15.9 Å². The predicted octanol–water partition coefficient (Wildman–Crippen LogP) is 3.84. The maximum atomic E-state index is 13.1. The van der Waals surface area contributed by atoms with Crippen molar-refractivity contribution in [3.8, 4) is 0 Å². The van der Waals surface area contributed by atoms with Gasteiger partial charge in [0.05, 0.1) is 11.5 Å². The summed E-state index contributed by atoms with van der Waals surface area (Å²) in [4.78, 5) is 14.8. The van der Waals surface area contributed by atoms with E-state index in [0.717, 1.165) is 16.5 Å². The van der Waals surface area contributed by atoms with Crippen molar-refractivity contribution in [2.75, 3.05) is 11.5 Å². The molecule has 4 nitrogen and oxygen atoms in total. The Morgan fingerprint density at radius 2 is 1.69 bits per heavy atom. The molecular weight excluding hydrogens is 414 g/mol. The van der Waals surface area contributed by atoms with Crippen LogP contribution in [-0.2, 0) is 22.8 Å². The van der Waals surface area contributed by atoms with E-state index in [1.165, 1.54) is 5.56 Å². The number of hydrogen-bond donors (Lipinski definition) is 0. The summed E-state index contributed by atoms with van der Waals surface area (Å²) in [5.41, 5.74) is 2.82. The van der Waals surface area contributed by atoms with E-state index in [4.69, 9.17) is 0 Å². The molecule has 138 valence electrons. The van der Waals surface area contributed by atoms with E-state index in [1.54, 1.807) is 17.0 Å². The second-order valence-corrected chi connectivity index (χ2v) is 9.81. The first-order valence-corrected chi connectivity index (χ1v) is 11.3. The van der Waals surface area contributed by atoms with Crippen molar-refractivity contribution in [1.29, 1.82) is 0 Å². The van der Waals surface area contributed by atoms with Gasteiger partial charge in [-0.05, 0) is 48.2 Å². The molecule has 0 N–H and O–H groups in total. The third-order valence-electron chi connectivity index (χ3n) is 4.79. The first kappa shape index (κ1) is 19.1. The highest BCUT2D eigenvalue weighted by Gasteiger charge is 2.35. The number of benzene rings is 2. The summed E-state index contributed by atoms with van der Waals surface area (Å²) in [6.07, 6.45) is 1.46. The van der Waals surface area contributed by atoms with Crippen LogP contribution in [0.1, 0.15) is 34.8 Å². The van der Waals surface area contributed by atoms with Gasteiger partial charge in [-0.2, -0.15) is 0 Å². The molecule has 0 spiro atoms. The van der Waals surface area contributed by atoms with Gasteiger partial charge in [-0.3, -0.25) is 4.79 Å². The zero-order valence-electron chi connectivity index (χ0n) is 14.7. The molecule has 1 saturated heterocycles. The molecule has 1 heterocycles. The summed E-state index contributed by atoms with van der Waals surface area (Å²) in [6, 6.07) is 15.1. The Hall–Kier alpha value is -1.66. The fourth-order valence-electron chi connectivity index (χ4n) is 3.22. The Balaban J connectivity index is 1.88. The van der Waals surface area contributed by atoms with E-state index in [-0.39, 0.29) is 23.5 Å². The number of hydrogen-bond acceptors (Lipinski definition) is 3. The summed E-state index contributed by atoms with van der Waals surface area (Å²) in [7, 11) is -3.07. The van der Waals surface area contributed by atoms with Crippen LogP contribution in [0.5, 0.6) is 0 Å². The largest absolute Gasteiger partial charge is 0.330 e. The summed E-state index contributed by atoms with van der Waals surface area (Å²) < 4.78 is 24.8. The second kappa shape index (κ2) is 7.92. The molecule has 0 saturated carbocycles. The van der Waals surface area contributed by atoms with Crippen molar-refractivity contribution >= 4 is 31.7 Å². The molecule has 1 fully saturated rings. The maximum Gasteiger partial charge on any atom is 0.254 e. The topological polar surface area (TPSA) is 54.5 Å². The number of carbonyl (C=O) groups is 1. The highest BCUT2D eigenvalue weighted by molar-refractivity contribution is 9.10. The van der Waals surface area contributed by atoms with Crippen molar-refractivity contribution in [3.05, 3.63) is 69.7 Å². The zero-order chi connectivity index (χ0) is 18.7. The zero-order valence-corrected chi connectivity index (χ0v) is 17.1. The molecule has 0 unspecified atom stereocenters. The van der Waals surface area contributed by atoms with Gasteiger partial charge in [-0.15, -0.1) is 0 Å². The van der Waals surface area contributed by atoms with E-state index >= 15 is 0 Å². The van der Waals surface area contributed by atoms with Crippen LogP contribution in [0.25, 0.3) is 0 Å². The summed E-state index contributed by atoms with van der Waals surface area (Å²) in [6.45, 7) is 2.51. The molecule has 2 aromatic carbocycles. The molecule has 2 aromatic rings. The van der Waals surface area contributed by atoms with Gasteiger partial charge in [-0.1, -0.05) is 47.1 Å². The number of aryl methyl sites for hydroxylation is 1. The van der Waals surface area contributed by atoms with Crippen LogP contribution in [0.4, 0.5) is 0 Å². The highest BCUT2D eigenvalue weighted by atomic mass is 79.9. The first-order chi connectivity index (χ1) is 12.4. The minimum absolute atomic E-state index is 0.0440. The Kier molecular flexibility index (Phi) is 5.82. The highest BCUT2D eigenvalue weighted by Crippen LogP contribution is 2.23. The van der Waals surface area contributed by atoms with Gasteiger partial charge in [0, 0.05) is 22.6 Å². The Morgan fingerprint density at radius 3 is 2.23 bits per heavy atom. The number of nitrogens with zero attached hydrogens (tertiary/aromatic N) is 1. The number of carbonyl (C=O) groups excluding carboxylic acids is 1. The van der Waals surface area contributed by atoms with Crippen LogP contribution in [0.3, 0.4) is 0 Å². The first-order valence-electron chi connectivity index (χ1n) is 8.73.